The van der Waals surface area contributed by atoms with Crippen molar-refractivity contribution in [3.8, 4) is 11.5 Å². The van der Waals surface area contributed by atoms with Gasteiger partial charge in [-0.2, -0.15) is 0 Å². The second kappa shape index (κ2) is 9.15. The molecule has 2 aromatic rings. The number of nitro groups is 1. The summed E-state index contributed by atoms with van der Waals surface area (Å²) in [6, 6.07) is 6.91. The first kappa shape index (κ1) is 22.3. The third-order valence-electron chi connectivity index (χ3n) is 3.89. The van der Waals surface area contributed by atoms with Crippen molar-refractivity contribution in [2.24, 2.45) is 4.99 Å². The summed E-state index contributed by atoms with van der Waals surface area (Å²) in [5.41, 5.74) is 0.241. The minimum atomic E-state index is -0.759. The third kappa shape index (κ3) is 5.01. The summed E-state index contributed by atoms with van der Waals surface area (Å²) in [5, 5.41) is 11.1. The number of cyclic esters (lactones) is 1. The van der Waals surface area contributed by atoms with Gasteiger partial charge in [-0.1, -0.05) is 23.2 Å². The molecule has 1 heterocycles. The second-order valence-corrected chi connectivity index (χ2v) is 6.93. The molecular weight excluding hydrogens is 451 g/mol. The Hall–Kier alpha value is -3.43. The molecule has 0 spiro atoms. The highest BCUT2D eigenvalue weighted by Gasteiger charge is 2.26. The first-order chi connectivity index (χ1) is 14.7. The fourth-order valence-corrected chi connectivity index (χ4v) is 3.10. The number of aliphatic imine (C=N–C) groups is 1. The molecule has 1 aliphatic rings. The predicted octanol–water partition coefficient (Wildman–Crippen LogP) is 4.57. The zero-order valence-electron chi connectivity index (χ0n) is 16.2. The van der Waals surface area contributed by atoms with Crippen LogP contribution in [0.2, 0.25) is 10.0 Å². The Morgan fingerprint density at radius 2 is 2.00 bits per heavy atom. The number of carbonyl (C=O) groups is 2. The monoisotopic (exact) mass is 464 g/mol. The molecule has 2 aromatic carbocycles. The van der Waals surface area contributed by atoms with Crippen LogP contribution in [-0.2, 0) is 14.3 Å². The molecule has 1 aliphatic heterocycles. The number of hydrogen-bond acceptors (Lipinski definition) is 8. The predicted molar refractivity (Wildman–Crippen MR) is 113 cm³/mol. The highest BCUT2D eigenvalue weighted by molar-refractivity contribution is 6.33. The maximum atomic E-state index is 12.3. The van der Waals surface area contributed by atoms with E-state index in [1.807, 2.05) is 0 Å². The Labute approximate surface area is 186 Å². The Morgan fingerprint density at radius 1 is 1.26 bits per heavy atom. The molecule has 31 heavy (non-hydrogen) atoms. The van der Waals surface area contributed by atoms with E-state index in [4.69, 9.17) is 37.4 Å². The molecule has 0 amide bonds. The largest absolute Gasteiger partial charge is 0.490 e. The zero-order chi connectivity index (χ0) is 22.7. The van der Waals surface area contributed by atoms with Crippen LogP contribution in [0, 0.1) is 10.1 Å². The second-order valence-electron chi connectivity index (χ2n) is 6.12. The van der Waals surface area contributed by atoms with Gasteiger partial charge in [-0.25, -0.2) is 9.79 Å². The first-order valence-corrected chi connectivity index (χ1v) is 9.56. The topological polar surface area (TPSA) is 117 Å². The number of halogens is 2. The van der Waals surface area contributed by atoms with Gasteiger partial charge in [0.1, 0.15) is 5.02 Å². The summed E-state index contributed by atoms with van der Waals surface area (Å²) in [5.74, 6) is -1.17. The average Bonchev–Trinajstić information content (AvgIpc) is 3.05. The van der Waals surface area contributed by atoms with Crippen molar-refractivity contribution in [3.63, 3.8) is 0 Å². The lowest BCUT2D eigenvalue weighted by Crippen LogP contribution is -2.06. The van der Waals surface area contributed by atoms with Crippen LogP contribution in [-0.4, -0.2) is 29.4 Å². The fourth-order valence-electron chi connectivity index (χ4n) is 2.65. The Morgan fingerprint density at radius 3 is 2.65 bits per heavy atom. The van der Waals surface area contributed by atoms with Crippen LogP contribution in [0.1, 0.15) is 25.0 Å². The van der Waals surface area contributed by atoms with Gasteiger partial charge in [0.2, 0.25) is 5.90 Å². The molecule has 9 nitrogen and oxygen atoms in total. The quantitative estimate of drug-likeness (QED) is 0.202. The lowest BCUT2D eigenvalue weighted by Gasteiger charge is -2.12. The molecule has 0 N–H and O–H groups in total. The van der Waals surface area contributed by atoms with Crippen molar-refractivity contribution in [3.05, 3.63) is 67.3 Å². The Kier molecular flexibility index (Phi) is 6.57. The lowest BCUT2D eigenvalue weighted by atomic mass is 10.1. The number of esters is 2. The molecule has 0 atom stereocenters. The molecule has 0 saturated carbocycles. The zero-order valence-corrected chi connectivity index (χ0v) is 17.7. The van der Waals surface area contributed by atoms with E-state index >= 15 is 0 Å². The van der Waals surface area contributed by atoms with Gasteiger partial charge in [-0.3, -0.25) is 14.9 Å². The van der Waals surface area contributed by atoms with Crippen molar-refractivity contribution >= 4 is 52.8 Å². The van der Waals surface area contributed by atoms with Gasteiger partial charge < -0.3 is 14.2 Å². The van der Waals surface area contributed by atoms with Gasteiger partial charge in [0.15, 0.2) is 17.2 Å². The van der Waals surface area contributed by atoms with E-state index in [0.717, 1.165) is 6.07 Å². The first-order valence-electron chi connectivity index (χ1n) is 8.81. The minimum Gasteiger partial charge on any atom is -0.490 e. The molecular formula is C20H14Cl2N2O7. The number of benzene rings is 2. The molecule has 3 rings (SSSR count). The van der Waals surface area contributed by atoms with E-state index in [2.05, 4.69) is 4.99 Å². The molecule has 0 fully saturated rings. The number of hydrogen-bond donors (Lipinski definition) is 0. The van der Waals surface area contributed by atoms with E-state index in [0.29, 0.717) is 5.56 Å². The van der Waals surface area contributed by atoms with E-state index in [1.165, 1.54) is 37.3 Å². The number of nitrogens with zero attached hydrogens (tertiary/aromatic N) is 2. The van der Waals surface area contributed by atoms with Gasteiger partial charge in [-0.05, 0) is 42.8 Å². The maximum Gasteiger partial charge on any atom is 0.363 e. The highest BCUT2D eigenvalue weighted by Crippen LogP contribution is 2.38. The smallest absolute Gasteiger partial charge is 0.363 e. The van der Waals surface area contributed by atoms with Crippen molar-refractivity contribution in [1.82, 2.24) is 0 Å². The summed E-state index contributed by atoms with van der Waals surface area (Å²) in [4.78, 5) is 38.1. The van der Waals surface area contributed by atoms with E-state index in [-0.39, 0.29) is 51.0 Å². The molecule has 0 bridgehead atoms. The van der Waals surface area contributed by atoms with Crippen molar-refractivity contribution < 1.29 is 28.7 Å². The number of carbonyl (C=O) groups excluding carboxylic acids is 2. The third-order valence-corrected chi connectivity index (χ3v) is 4.49. The Balaban J connectivity index is 1.99. The number of rotatable bonds is 6. The molecule has 0 radical (unpaired) electrons. The molecule has 11 heteroatoms. The summed E-state index contributed by atoms with van der Waals surface area (Å²) >= 11 is 12.0. The van der Waals surface area contributed by atoms with Gasteiger partial charge in [-0.15, -0.1) is 0 Å². The summed E-state index contributed by atoms with van der Waals surface area (Å²) in [6.07, 6.45) is 1.39. The van der Waals surface area contributed by atoms with Crippen LogP contribution in [0.25, 0.3) is 6.08 Å². The van der Waals surface area contributed by atoms with Gasteiger partial charge in [0.05, 0.1) is 16.6 Å². The van der Waals surface area contributed by atoms with Crippen LogP contribution < -0.4 is 9.47 Å². The fraction of sp³-hybridized carbons (Fsp3) is 0.150. The van der Waals surface area contributed by atoms with Gasteiger partial charge in [0, 0.05) is 18.6 Å². The van der Waals surface area contributed by atoms with Crippen molar-refractivity contribution in [2.45, 2.75) is 13.8 Å². The van der Waals surface area contributed by atoms with Gasteiger partial charge >= 0.3 is 11.9 Å². The van der Waals surface area contributed by atoms with Crippen LogP contribution >= 0.6 is 23.2 Å². The minimum absolute atomic E-state index is 0.0552. The molecule has 0 saturated heterocycles. The molecule has 160 valence electrons. The normalized spacial score (nSPS) is 14.3. The van der Waals surface area contributed by atoms with Crippen molar-refractivity contribution in [1.29, 1.82) is 0 Å². The Bertz CT molecular complexity index is 1160. The average molecular weight is 465 g/mol. The molecule has 0 aromatic heterocycles. The number of ether oxygens (including phenoxy) is 3. The van der Waals surface area contributed by atoms with Crippen LogP contribution in [0.15, 0.2) is 41.0 Å². The summed E-state index contributed by atoms with van der Waals surface area (Å²) in [7, 11) is 0. The van der Waals surface area contributed by atoms with E-state index in [1.54, 1.807) is 6.92 Å². The standard InChI is InChI=1S/C20H14Cl2N2O7/c1-3-29-17-8-11(6-14(22)18(17)30-10(2)25)7-15-20(26)31-19(23-15)12-4-5-13(21)16(9-12)24(27)28/h4-9H,3H2,1-2H3/b15-7-. The molecule has 0 unspecified atom stereocenters. The highest BCUT2D eigenvalue weighted by atomic mass is 35.5. The van der Waals surface area contributed by atoms with Crippen LogP contribution in [0.4, 0.5) is 5.69 Å². The maximum absolute atomic E-state index is 12.3. The van der Waals surface area contributed by atoms with Crippen LogP contribution in [0.3, 0.4) is 0 Å². The van der Waals surface area contributed by atoms with E-state index < -0.39 is 16.9 Å². The van der Waals surface area contributed by atoms with Crippen molar-refractivity contribution in [2.75, 3.05) is 6.61 Å². The summed E-state index contributed by atoms with van der Waals surface area (Å²) in [6.45, 7) is 3.25. The van der Waals surface area contributed by atoms with E-state index in [9.17, 15) is 19.7 Å². The molecule has 0 aliphatic carbocycles. The van der Waals surface area contributed by atoms with Gasteiger partial charge in [0.25, 0.3) is 5.69 Å². The van der Waals surface area contributed by atoms with Crippen LogP contribution in [0.5, 0.6) is 11.5 Å². The number of nitro benzene ring substituents is 1. The lowest BCUT2D eigenvalue weighted by molar-refractivity contribution is -0.384. The summed E-state index contributed by atoms with van der Waals surface area (Å²) < 4.78 is 15.7. The SMILES string of the molecule is CCOc1cc(/C=C2\N=C(c3ccc(Cl)c([N+](=O)[O-])c3)OC2=O)cc(Cl)c1OC(C)=O.